The van der Waals surface area contributed by atoms with E-state index in [1.165, 1.54) is 6.07 Å². The topological polar surface area (TPSA) is 74.1 Å². The van der Waals surface area contributed by atoms with Crippen molar-refractivity contribution in [1.29, 1.82) is 5.26 Å². The van der Waals surface area contributed by atoms with Crippen LogP contribution in [-0.2, 0) is 0 Å². The van der Waals surface area contributed by atoms with E-state index in [0.717, 1.165) is 55.9 Å². The zero-order chi connectivity index (χ0) is 21.4. The fraction of sp³-hybridized carbons (Fsp3) is 0.348. The Labute approximate surface area is 184 Å². The van der Waals surface area contributed by atoms with Gasteiger partial charge in [-0.2, -0.15) is 5.26 Å². The van der Waals surface area contributed by atoms with Crippen molar-refractivity contribution in [3.8, 4) is 11.8 Å². The minimum Gasteiger partial charge on any atom is -0.487 e. The lowest BCUT2D eigenvalue weighted by Gasteiger charge is -2.33. The summed E-state index contributed by atoms with van der Waals surface area (Å²) in [6.07, 6.45) is 3.68. The summed E-state index contributed by atoms with van der Waals surface area (Å²) in [6.45, 7) is 1.46. The smallest absolute Gasteiger partial charge is 0.172 e. The second-order valence-corrected chi connectivity index (χ2v) is 8.45. The Morgan fingerprint density at radius 3 is 2.58 bits per heavy atom. The third-order valence-corrected chi connectivity index (χ3v) is 5.86. The minimum absolute atomic E-state index is 0.0710. The van der Waals surface area contributed by atoms with Crippen LogP contribution in [0, 0.1) is 17.1 Å². The molecule has 31 heavy (non-hydrogen) atoms. The molecule has 2 fully saturated rings. The number of fused-ring (bicyclic) bond motifs is 1. The van der Waals surface area contributed by atoms with E-state index in [4.69, 9.17) is 26.3 Å². The van der Waals surface area contributed by atoms with Gasteiger partial charge in [-0.1, -0.05) is 11.6 Å². The van der Waals surface area contributed by atoms with Crippen LogP contribution in [0.15, 0.2) is 36.4 Å². The monoisotopic (exact) mass is 437 g/mol. The molecule has 6 nitrogen and oxygen atoms in total. The van der Waals surface area contributed by atoms with Gasteiger partial charge in [-0.05, 0) is 49.2 Å². The number of anilines is 2. The van der Waals surface area contributed by atoms with Crippen molar-refractivity contribution in [2.45, 2.75) is 37.8 Å². The molecular weight excluding hydrogens is 417 g/mol. The number of ether oxygens (including phenoxy) is 1. The standard InChI is InChI=1S/C23H21ClFN5O/c24-15-2-6-21(18(25)12-15)31-17-7-9-30(10-8-17)23-22(27-16-3-4-16)28-20-11-14(13-26)1-5-19(20)29-23/h1-2,5-6,11-12,16-17H,3-4,7-10H2,(H,27,28). The number of halogens is 2. The molecule has 3 aromatic rings. The molecule has 0 bridgehead atoms. The third-order valence-electron chi connectivity index (χ3n) is 5.62. The van der Waals surface area contributed by atoms with E-state index < -0.39 is 5.82 Å². The summed E-state index contributed by atoms with van der Waals surface area (Å²) in [5.41, 5.74) is 2.04. The number of rotatable bonds is 5. The highest BCUT2D eigenvalue weighted by molar-refractivity contribution is 6.30. The molecule has 1 aromatic heterocycles. The molecule has 0 atom stereocenters. The first-order valence-corrected chi connectivity index (χ1v) is 10.8. The fourth-order valence-corrected chi connectivity index (χ4v) is 3.95. The van der Waals surface area contributed by atoms with Gasteiger partial charge in [-0.15, -0.1) is 0 Å². The lowest BCUT2D eigenvalue weighted by Crippen LogP contribution is -2.39. The molecule has 2 heterocycles. The summed E-state index contributed by atoms with van der Waals surface area (Å²) in [4.78, 5) is 11.9. The van der Waals surface area contributed by atoms with Gasteiger partial charge in [0, 0.05) is 37.0 Å². The molecule has 8 heteroatoms. The molecule has 5 rings (SSSR count). The molecular formula is C23H21ClFN5O. The Morgan fingerprint density at radius 1 is 1.06 bits per heavy atom. The van der Waals surface area contributed by atoms with E-state index in [1.54, 1.807) is 24.3 Å². The molecule has 1 aliphatic carbocycles. The Hall–Kier alpha value is -3.11. The van der Waals surface area contributed by atoms with Crippen LogP contribution in [0.1, 0.15) is 31.2 Å². The number of piperidine rings is 1. The van der Waals surface area contributed by atoms with Gasteiger partial charge >= 0.3 is 0 Å². The van der Waals surface area contributed by atoms with Crippen molar-refractivity contribution in [2.75, 3.05) is 23.3 Å². The van der Waals surface area contributed by atoms with Crippen LogP contribution in [0.3, 0.4) is 0 Å². The normalized spacial score (nSPS) is 16.9. The molecule has 0 radical (unpaired) electrons. The molecule has 2 aliphatic rings. The average Bonchev–Trinajstić information content (AvgIpc) is 3.59. The molecule has 0 unspecified atom stereocenters. The lowest BCUT2D eigenvalue weighted by molar-refractivity contribution is 0.163. The van der Waals surface area contributed by atoms with Crippen LogP contribution in [0.5, 0.6) is 5.75 Å². The van der Waals surface area contributed by atoms with Crippen LogP contribution >= 0.6 is 11.6 Å². The first-order valence-electron chi connectivity index (χ1n) is 10.4. The van der Waals surface area contributed by atoms with Gasteiger partial charge in [0.15, 0.2) is 23.2 Å². The SMILES string of the molecule is N#Cc1ccc2nc(N3CCC(Oc4ccc(Cl)cc4F)CC3)c(NC3CC3)nc2c1. The first-order chi connectivity index (χ1) is 15.1. The Balaban J connectivity index is 1.35. The van der Waals surface area contributed by atoms with Gasteiger partial charge in [-0.25, -0.2) is 14.4 Å². The minimum atomic E-state index is -0.442. The summed E-state index contributed by atoms with van der Waals surface area (Å²) in [5.74, 6) is 1.37. The predicted octanol–water partition coefficient (Wildman–Crippen LogP) is 4.92. The van der Waals surface area contributed by atoms with Crippen molar-refractivity contribution in [2.24, 2.45) is 0 Å². The second-order valence-electron chi connectivity index (χ2n) is 8.01. The van der Waals surface area contributed by atoms with Crippen molar-refractivity contribution in [1.82, 2.24) is 9.97 Å². The summed E-state index contributed by atoms with van der Waals surface area (Å²) in [7, 11) is 0. The number of hydrogen-bond acceptors (Lipinski definition) is 6. The molecule has 2 aromatic carbocycles. The largest absolute Gasteiger partial charge is 0.487 e. The van der Waals surface area contributed by atoms with Gasteiger partial charge in [0.05, 0.1) is 22.7 Å². The quantitative estimate of drug-likeness (QED) is 0.611. The van der Waals surface area contributed by atoms with Crippen LogP contribution in [-0.4, -0.2) is 35.2 Å². The maximum absolute atomic E-state index is 14.1. The molecule has 158 valence electrons. The number of nitriles is 1. The molecule has 0 amide bonds. The first kappa shape index (κ1) is 19.8. The highest BCUT2D eigenvalue weighted by Gasteiger charge is 2.28. The Kier molecular flexibility index (Phi) is 5.24. The van der Waals surface area contributed by atoms with Gasteiger partial charge in [-0.3, -0.25) is 0 Å². The van der Waals surface area contributed by atoms with Crippen molar-refractivity contribution in [3.05, 3.63) is 52.8 Å². The predicted molar refractivity (Wildman–Crippen MR) is 118 cm³/mol. The lowest BCUT2D eigenvalue weighted by atomic mass is 10.1. The van der Waals surface area contributed by atoms with Crippen LogP contribution in [0.4, 0.5) is 16.0 Å². The van der Waals surface area contributed by atoms with Gasteiger partial charge < -0.3 is 15.0 Å². The van der Waals surface area contributed by atoms with Crippen LogP contribution in [0.2, 0.25) is 5.02 Å². The third kappa shape index (κ3) is 4.35. The number of benzene rings is 2. The van der Waals surface area contributed by atoms with E-state index in [-0.39, 0.29) is 11.9 Å². The zero-order valence-electron chi connectivity index (χ0n) is 16.8. The highest BCUT2D eigenvalue weighted by atomic mass is 35.5. The Morgan fingerprint density at radius 2 is 1.87 bits per heavy atom. The summed E-state index contributed by atoms with van der Waals surface area (Å²) in [5, 5.41) is 13.0. The maximum atomic E-state index is 14.1. The van der Waals surface area contributed by atoms with Crippen LogP contribution in [0.25, 0.3) is 11.0 Å². The van der Waals surface area contributed by atoms with E-state index in [0.29, 0.717) is 22.1 Å². The number of aromatic nitrogens is 2. The fourth-order valence-electron chi connectivity index (χ4n) is 3.79. The number of hydrogen-bond donors (Lipinski definition) is 1. The van der Waals surface area contributed by atoms with E-state index in [9.17, 15) is 9.65 Å². The molecule has 1 saturated heterocycles. The molecule has 1 saturated carbocycles. The number of nitrogens with one attached hydrogen (secondary N) is 1. The van der Waals surface area contributed by atoms with E-state index in [1.807, 2.05) is 6.07 Å². The zero-order valence-corrected chi connectivity index (χ0v) is 17.6. The van der Waals surface area contributed by atoms with Crippen LogP contribution < -0.4 is 15.0 Å². The van der Waals surface area contributed by atoms with Crippen molar-refractivity contribution in [3.63, 3.8) is 0 Å². The highest BCUT2D eigenvalue weighted by Crippen LogP contribution is 2.33. The summed E-state index contributed by atoms with van der Waals surface area (Å²) >= 11 is 5.82. The van der Waals surface area contributed by atoms with E-state index in [2.05, 4.69) is 16.3 Å². The summed E-state index contributed by atoms with van der Waals surface area (Å²) < 4.78 is 19.9. The van der Waals surface area contributed by atoms with Gasteiger partial charge in [0.2, 0.25) is 0 Å². The second kappa shape index (κ2) is 8.20. The van der Waals surface area contributed by atoms with Gasteiger partial charge in [0.1, 0.15) is 6.10 Å². The molecule has 1 aliphatic heterocycles. The van der Waals surface area contributed by atoms with Gasteiger partial charge in [0.25, 0.3) is 0 Å². The van der Waals surface area contributed by atoms with Crippen molar-refractivity contribution >= 4 is 34.3 Å². The van der Waals surface area contributed by atoms with E-state index >= 15 is 0 Å². The summed E-state index contributed by atoms with van der Waals surface area (Å²) in [6, 6.07) is 12.4. The number of nitrogens with zero attached hydrogens (tertiary/aromatic N) is 4. The Bertz CT molecular complexity index is 1170. The maximum Gasteiger partial charge on any atom is 0.172 e. The average molecular weight is 438 g/mol. The molecule has 0 spiro atoms. The molecule has 1 N–H and O–H groups in total. The van der Waals surface area contributed by atoms with Crippen molar-refractivity contribution < 1.29 is 9.13 Å².